The van der Waals surface area contributed by atoms with Gasteiger partial charge in [0.2, 0.25) is 0 Å². The lowest BCUT2D eigenvalue weighted by Crippen LogP contribution is -2.09. The molecule has 0 aliphatic rings. The van der Waals surface area contributed by atoms with Crippen LogP contribution >= 0.6 is 11.5 Å². The molecule has 1 aromatic carbocycles. The summed E-state index contributed by atoms with van der Waals surface area (Å²) in [6.45, 7) is 0. The van der Waals surface area contributed by atoms with E-state index >= 15 is 0 Å². The van der Waals surface area contributed by atoms with Gasteiger partial charge in [0.05, 0.1) is 23.1 Å². The summed E-state index contributed by atoms with van der Waals surface area (Å²) >= 11 is 1.05. The lowest BCUT2D eigenvalue weighted by atomic mass is 10.1. The number of hydrogen-bond donors (Lipinski definition) is 1. The molecular formula is C16H11F3N6OS. The molecule has 0 aliphatic heterocycles. The Morgan fingerprint density at radius 3 is 2.59 bits per heavy atom. The van der Waals surface area contributed by atoms with Crippen LogP contribution < -0.4 is 10.5 Å². The normalized spacial score (nSPS) is 11.9. The highest BCUT2D eigenvalue weighted by Crippen LogP contribution is 2.43. The molecule has 0 unspecified atom stereocenters. The zero-order valence-corrected chi connectivity index (χ0v) is 14.5. The van der Waals surface area contributed by atoms with Crippen LogP contribution in [0.25, 0.3) is 27.3 Å². The fourth-order valence-corrected chi connectivity index (χ4v) is 3.45. The maximum atomic E-state index is 13.7. The van der Waals surface area contributed by atoms with E-state index in [0.29, 0.717) is 15.8 Å². The van der Waals surface area contributed by atoms with Crippen LogP contribution in [-0.2, 0) is 6.18 Å². The van der Waals surface area contributed by atoms with Crippen molar-refractivity contribution in [1.29, 1.82) is 0 Å². The number of nitrogen functional groups attached to an aromatic ring is 1. The van der Waals surface area contributed by atoms with E-state index in [9.17, 15) is 13.2 Å². The molecule has 7 nitrogen and oxygen atoms in total. The van der Waals surface area contributed by atoms with E-state index in [-0.39, 0.29) is 23.0 Å². The van der Waals surface area contributed by atoms with Gasteiger partial charge >= 0.3 is 6.18 Å². The second kappa shape index (κ2) is 6.20. The van der Waals surface area contributed by atoms with Crippen LogP contribution in [0.15, 0.2) is 36.7 Å². The van der Waals surface area contributed by atoms with Crippen LogP contribution in [0.5, 0.6) is 5.75 Å². The molecule has 0 atom stereocenters. The van der Waals surface area contributed by atoms with Gasteiger partial charge in [-0.15, -0.1) is 0 Å². The van der Waals surface area contributed by atoms with Crippen molar-refractivity contribution in [3.05, 3.63) is 42.4 Å². The molecule has 3 aromatic heterocycles. The Bertz CT molecular complexity index is 1120. The first-order valence-electron chi connectivity index (χ1n) is 7.57. The molecule has 0 saturated heterocycles. The van der Waals surface area contributed by atoms with Crippen molar-refractivity contribution >= 4 is 27.4 Å². The third-order valence-corrected chi connectivity index (χ3v) is 4.66. The summed E-state index contributed by atoms with van der Waals surface area (Å²) in [6.07, 6.45) is -1.95. The van der Waals surface area contributed by atoms with Gasteiger partial charge in [-0.3, -0.25) is 0 Å². The number of hydrogen-bond acceptors (Lipinski definition) is 7. The van der Waals surface area contributed by atoms with Crippen LogP contribution in [0.4, 0.5) is 19.0 Å². The summed E-state index contributed by atoms with van der Waals surface area (Å²) in [6, 6.07) is 6.53. The number of methoxy groups -OCH3 is 1. The van der Waals surface area contributed by atoms with Gasteiger partial charge in [-0.2, -0.15) is 27.3 Å². The first kappa shape index (κ1) is 17.2. The minimum atomic E-state index is -4.73. The minimum absolute atomic E-state index is 0.0621. The average Bonchev–Trinajstić information content (AvgIpc) is 3.22. The van der Waals surface area contributed by atoms with E-state index < -0.39 is 11.9 Å². The van der Waals surface area contributed by atoms with E-state index in [1.807, 2.05) is 0 Å². The lowest BCUT2D eigenvalue weighted by Gasteiger charge is -2.05. The fourth-order valence-electron chi connectivity index (χ4n) is 2.64. The standard InChI is InChI=1S/C16H11F3N6OS/c1-26-8-3-4-9-10(7-8)27-24-12(9)11-13(16(17,18)19)23-25(14(11)20)15-21-5-2-6-22-15/h2-7H,20H2,1H3. The topological polar surface area (TPSA) is 91.7 Å². The number of nitrogens with two attached hydrogens (primary N) is 1. The predicted octanol–water partition coefficient (Wildman–Crippen LogP) is 3.55. The molecule has 2 N–H and O–H groups in total. The Morgan fingerprint density at radius 1 is 1.19 bits per heavy atom. The van der Waals surface area contributed by atoms with Crippen LogP contribution in [0.3, 0.4) is 0 Å². The SMILES string of the molecule is COc1ccc2c(-c3c(C(F)(F)F)nn(-c4ncccn4)c3N)nsc2c1. The van der Waals surface area contributed by atoms with Crippen LogP contribution in [0, 0.1) is 0 Å². The Balaban J connectivity index is 1.99. The summed E-state index contributed by atoms with van der Waals surface area (Å²) in [5, 5.41) is 4.15. The van der Waals surface area contributed by atoms with E-state index in [1.165, 1.54) is 25.6 Å². The molecule has 3 heterocycles. The summed E-state index contributed by atoms with van der Waals surface area (Å²) < 4.78 is 51.8. The molecule has 27 heavy (non-hydrogen) atoms. The van der Waals surface area contributed by atoms with Gasteiger partial charge in [-0.1, -0.05) is 0 Å². The maximum absolute atomic E-state index is 13.7. The first-order valence-corrected chi connectivity index (χ1v) is 8.34. The van der Waals surface area contributed by atoms with E-state index in [0.717, 1.165) is 16.2 Å². The highest BCUT2D eigenvalue weighted by Gasteiger charge is 2.41. The van der Waals surface area contributed by atoms with Gasteiger partial charge in [0.1, 0.15) is 11.6 Å². The van der Waals surface area contributed by atoms with Gasteiger partial charge in [0.15, 0.2) is 5.69 Å². The molecular weight excluding hydrogens is 381 g/mol. The Kier molecular flexibility index (Phi) is 3.95. The van der Waals surface area contributed by atoms with Crippen LogP contribution in [-0.4, -0.2) is 31.2 Å². The second-order valence-corrected chi connectivity index (χ2v) is 6.27. The number of alkyl halides is 3. The third kappa shape index (κ3) is 2.85. The molecule has 0 fully saturated rings. The number of fused-ring (bicyclic) bond motifs is 1. The molecule has 0 spiro atoms. The molecule has 0 bridgehead atoms. The smallest absolute Gasteiger partial charge is 0.435 e. The van der Waals surface area contributed by atoms with Crippen molar-refractivity contribution < 1.29 is 17.9 Å². The fraction of sp³-hybridized carbons (Fsp3) is 0.125. The third-order valence-electron chi connectivity index (χ3n) is 3.85. The summed E-state index contributed by atoms with van der Waals surface area (Å²) in [4.78, 5) is 7.84. The quantitative estimate of drug-likeness (QED) is 0.573. The molecule has 4 aromatic rings. The van der Waals surface area contributed by atoms with Gasteiger partial charge in [-0.05, 0) is 35.8 Å². The molecule has 0 amide bonds. The zero-order chi connectivity index (χ0) is 19.2. The number of aromatic nitrogens is 5. The monoisotopic (exact) mass is 392 g/mol. The van der Waals surface area contributed by atoms with Crippen molar-refractivity contribution in [2.24, 2.45) is 0 Å². The van der Waals surface area contributed by atoms with E-state index in [2.05, 4.69) is 19.4 Å². The van der Waals surface area contributed by atoms with E-state index in [4.69, 9.17) is 10.5 Å². The summed E-state index contributed by atoms with van der Waals surface area (Å²) in [7, 11) is 1.51. The maximum Gasteiger partial charge on any atom is 0.435 e. The largest absolute Gasteiger partial charge is 0.497 e. The average molecular weight is 392 g/mol. The highest BCUT2D eigenvalue weighted by molar-refractivity contribution is 7.13. The molecule has 11 heteroatoms. The Morgan fingerprint density at radius 2 is 1.93 bits per heavy atom. The number of rotatable bonds is 3. The first-order chi connectivity index (χ1) is 12.9. The predicted molar refractivity (Wildman–Crippen MR) is 93.7 cm³/mol. The van der Waals surface area contributed by atoms with Crippen molar-refractivity contribution in [1.82, 2.24) is 24.1 Å². The Labute approximate surface area is 154 Å². The van der Waals surface area contributed by atoms with Crippen molar-refractivity contribution in [2.75, 3.05) is 12.8 Å². The minimum Gasteiger partial charge on any atom is -0.497 e. The van der Waals surface area contributed by atoms with Crippen LogP contribution in [0.2, 0.25) is 0 Å². The molecule has 0 aliphatic carbocycles. The number of halogens is 3. The zero-order valence-electron chi connectivity index (χ0n) is 13.7. The summed E-state index contributed by atoms with van der Waals surface area (Å²) in [5.41, 5.74) is 4.69. The van der Waals surface area contributed by atoms with Gasteiger partial charge in [0, 0.05) is 17.8 Å². The Hall–Kier alpha value is -3.21. The molecule has 0 saturated carbocycles. The summed E-state index contributed by atoms with van der Waals surface area (Å²) in [5.74, 6) is 0.277. The van der Waals surface area contributed by atoms with Gasteiger partial charge in [-0.25, -0.2) is 9.97 Å². The van der Waals surface area contributed by atoms with E-state index in [1.54, 1.807) is 18.2 Å². The second-order valence-electron chi connectivity index (χ2n) is 5.46. The molecule has 4 rings (SSSR count). The molecule has 0 radical (unpaired) electrons. The number of nitrogens with zero attached hydrogens (tertiary/aromatic N) is 5. The van der Waals surface area contributed by atoms with Crippen molar-refractivity contribution in [3.63, 3.8) is 0 Å². The molecule has 138 valence electrons. The van der Waals surface area contributed by atoms with Gasteiger partial charge in [0.25, 0.3) is 5.95 Å². The number of ether oxygens (including phenoxy) is 1. The van der Waals surface area contributed by atoms with Crippen molar-refractivity contribution in [3.8, 4) is 23.0 Å². The highest BCUT2D eigenvalue weighted by atomic mass is 32.1. The van der Waals surface area contributed by atoms with Crippen molar-refractivity contribution in [2.45, 2.75) is 6.18 Å². The van der Waals surface area contributed by atoms with Gasteiger partial charge < -0.3 is 10.5 Å². The lowest BCUT2D eigenvalue weighted by molar-refractivity contribution is -0.140. The number of benzene rings is 1. The van der Waals surface area contributed by atoms with Crippen LogP contribution in [0.1, 0.15) is 5.69 Å². The number of anilines is 1.